The first kappa shape index (κ1) is 14.6. The highest BCUT2D eigenvalue weighted by Gasteiger charge is 2.30. The van der Waals surface area contributed by atoms with Gasteiger partial charge in [0, 0.05) is 17.9 Å². The van der Waals surface area contributed by atoms with E-state index in [-0.39, 0.29) is 29.9 Å². The van der Waals surface area contributed by atoms with Crippen molar-refractivity contribution in [3.8, 4) is 5.69 Å². The summed E-state index contributed by atoms with van der Waals surface area (Å²) >= 11 is 0. The first-order chi connectivity index (χ1) is 11.6. The highest BCUT2D eigenvalue weighted by atomic mass is 19.1. The van der Waals surface area contributed by atoms with Crippen LogP contribution in [-0.4, -0.2) is 15.7 Å². The van der Waals surface area contributed by atoms with Crippen LogP contribution < -0.4 is 5.32 Å². The number of amides is 1. The van der Waals surface area contributed by atoms with Crippen LogP contribution in [0.3, 0.4) is 0 Å². The maximum atomic E-state index is 13.2. The van der Waals surface area contributed by atoms with E-state index in [1.165, 1.54) is 24.3 Å². The van der Waals surface area contributed by atoms with Gasteiger partial charge in [0.15, 0.2) is 0 Å². The zero-order chi connectivity index (χ0) is 16.7. The fraction of sp³-hybridized carbons (Fsp3) is 0.111. The largest absolute Gasteiger partial charge is 0.310 e. The molecule has 24 heavy (non-hydrogen) atoms. The Morgan fingerprint density at radius 1 is 1.00 bits per heavy atom. The lowest BCUT2D eigenvalue weighted by Gasteiger charge is -2.23. The van der Waals surface area contributed by atoms with Crippen LogP contribution in [0.4, 0.5) is 14.6 Å². The van der Waals surface area contributed by atoms with E-state index in [2.05, 4.69) is 10.4 Å². The standard InChI is InChI=1S/C18H13F2N3O/c19-12-3-1-11(2-4-12)15-9-17(24)22-18-16(15)10-21-23(18)14-7-5-13(20)6-8-14/h1-8,10,15H,9H2,(H,22,24)/t15-/m1/s1. The Morgan fingerprint density at radius 2 is 1.62 bits per heavy atom. The molecule has 1 aliphatic rings. The van der Waals surface area contributed by atoms with Crippen LogP contribution >= 0.6 is 0 Å². The first-order valence-electron chi connectivity index (χ1n) is 7.51. The van der Waals surface area contributed by atoms with Gasteiger partial charge >= 0.3 is 0 Å². The average Bonchev–Trinajstić information content (AvgIpc) is 2.99. The molecule has 6 heteroatoms. The van der Waals surface area contributed by atoms with Crippen LogP contribution in [0.2, 0.25) is 0 Å². The molecule has 0 saturated heterocycles. The van der Waals surface area contributed by atoms with Gasteiger partial charge in [-0.25, -0.2) is 13.5 Å². The zero-order valence-corrected chi connectivity index (χ0v) is 12.5. The SMILES string of the molecule is O=C1C[C@H](c2ccc(F)cc2)c2cnn(-c3ccc(F)cc3)c2N1. The summed E-state index contributed by atoms with van der Waals surface area (Å²) in [4.78, 5) is 12.1. The summed E-state index contributed by atoms with van der Waals surface area (Å²) < 4.78 is 27.8. The summed E-state index contributed by atoms with van der Waals surface area (Å²) in [7, 11) is 0. The quantitative estimate of drug-likeness (QED) is 0.782. The highest BCUT2D eigenvalue weighted by molar-refractivity contribution is 5.94. The van der Waals surface area contributed by atoms with Crippen LogP contribution in [-0.2, 0) is 4.79 Å². The Labute approximate surface area is 136 Å². The fourth-order valence-electron chi connectivity index (χ4n) is 2.99. The lowest BCUT2D eigenvalue weighted by molar-refractivity contribution is -0.116. The average molecular weight is 325 g/mol. The third kappa shape index (κ3) is 2.46. The van der Waals surface area contributed by atoms with E-state index in [1.807, 2.05) is 0 Å². The van der Waals surface area contributed by atoms with Crippen molar-refractivity contribution >= 4 is 11.7 Å². The lowest BCUT2D eigenvalue weighted by Crippen LogP contribution is -2.24. The molecule has 4 rings (SSSR count). The molecule has 0 bridgehead atoms. The second kappa shape index (κ2) is 5.56. The third-order valence-electron chi connectivity index (χ3n) is 4.16. The van der Waals surface area contributed by atoms with Crippen molar-refractivity contribution in [2.75, 3.05) is 5.32 Å². The van der Waals surface area contributed by atoms with Crippen LogP contribution in [0.15, 0.2) is 54.7 Å². The maximum Gasteiger partial charge on any atom is 0.226 e. The van der Waals surface area contributed by atoms with Crippen molar-refractivity contribution in [3.63, 3.8) is 0 Å². The van der Waals surface area contributed by atoms with E-state index in [0.29, 0.717) is 11.5 Å². The normalized spacial score (nSPS) is 16.6. The van der Waals surface area contributed by atoms with Crippen molar-refractivity contribution in [2.45, 2.75) is 12.3 Å². The van der Waals surface area contributed by atoms with Crippen molar-refractivity contribution in [2.24, 2.45) is 0 Å². The number of carbonyl (C=O) groups excluding carboxylic acids is 1. The van der Waals surface area contributed by atoms with Gasteiger partial charge in [-0.05, 0) is 42.0 Å². The summed E-state index contributed by atoms with van der Waals surface area (Å²) in [6.07, 6.45) is 1.96. The minimum absolute atomic E-state index is 0.138. The van der Waals surface area contributed by atoms with Gasteiger partial charge in [0.2, 0.25) is 5.91 Å². The van der Waals surface area contributed by atoms with E-state index in [9.17, 15) is 13.6 Å². The van der Waals surface area contributed by atoms with Gasteiger partial charge in [-0.1, -0.05) is 12.1 Å². The van der Waals surface area contributed by atoms with E-state index in [4.69, 9.17) is 0 Å². The van der Waals surface area contributed by atoms with Crippen LogP contribution in [0, 0.1) is 11.6 Å². The number of rotatable bonds is 2. The molecule has 2 heterocycles. The molecular weight excluding hydrogens is 312 g/mol. The van der Waals surface area contributed by atoms with Crippen molar-refractivity contribution in [1.29, 1.82) is 0 Å². The summed E-state index contributed by atoms with van der Waals surface area (Å²) in [5.74, 6) is -0.425. The Balaban J connectivity index is 1.80. The number of halogens is 2. The predicted molar refractivity (Wildman–Crippen MR) is 85.0 cm³/mol. The second-order valence-corrected chi connectivity index (χ2v) is 5.69. The lowest BCUT2D eigenvalue weighted by atomic mass is 9.87. The van der Waals surface area contributed by atoms with Crippen LogP contribution in [0.25, 0.3) is 5.69 Å². The molecule has 2 aromatic carbocycles. The van der Waals surface area contributed by atoms with Gasteiger partial charge in [0.1, 0.15) is 17.5 Å². The summed E-state index contributed by atoms with van der Waals surface area (Å²) in [5, 5.41) is 7.16. The molecule has 0 radical (unpaired) electrons. The minimum atomic E-state index is -0.340. The minimum Gasteiger partial charge on any atom is -0.310 e. The zero-order valence-electron chi connectivity index (χ0n) is 12.5. The maximum absolute atomic E-state index is 13.2. The third-order valence-corrected chi connectivity index (χ3v) is 4.16. The molecule has 1 aliphatic heterocycles. The molecule has 1 amide bonds. The summed E-state index contributed by atoms with van der Waals surface area (Å²) in [5.41, 5.74) is 2.36. The van der Waals surface area contributed by atoms with E-state index >= 15 is 0 Å². The van der Waals surface area contributed by atoms with E-state index in [0.717, 1.165) is 11.1 Å². The van der Waals surface area contributed by atoms with Crippen LogP contribution in [0.1, 0.15) is 23.5 Å². The molecule has 0 unspecified atom stereocenters. The number of carbonyl (C=O) groups is 1. The smallest absolute Gasteiger partial charge is 0.226 e. The molecule has 0 fully saturated rings. The van der Waals surface area contributed by atoms with Gasteiger partial charge in [0.25, 0.3) is 0 Å². The molecular formula is C18H13F2N3O. The molecule has 0 saturated carbocycles. The number of anilines is 1. The van der Waals surface area contributed by atoms with Crippen LogP contribution in [0.5, 0.6) is 0 Å². The molecule has 1 N–H and O–H groups in total. The van der Waals surface area contributed by atoms with Gasteiger partial charge in [0.05, 0.1) is 11.9 Å². The Hall–Kier alpha value is -3.02. The summed E-state index contributed by atoms with van der Waals surface area (Å²) in [6, 6.07) is 12.0. The molecule has 4 nitrogen and oxygen atoms in total. The number of fused-ring (bicyclic) bond motifs is 1. The number of nitrogens with one attached hydrogen (secondary N) is 1. The van der Waals surface area contributed by atoms with E-state index in [1.54, 1.807) is 35.1 Å². The molecule has 1 aromatic heterocycles. The van der Waals surface area contributed by atoms with Gasteiger partial charge < -0.3 is 5.32 Å². The molecule has 1 atom stereocenters. The molecule has 0 spiro atoms. The Morgan fingerprint density at radius 3 is 2.29 bits per heavy atom. The number of aromatic nitrogens is 2. The second-order valence-electron chi connectivity index (χ2n) is 5.69. The number of hydrogen-bond donors (Lipinski definition) is 1. The number of hydrogen-bond acceptors (Lipinski definition) is 2. The van der Waals surface area contributed by atoms with Crippen molar-refractivity contribution in [1.82, 2.24) is 9.78 Å². The van der Waals surface area contributed by atoms with Gasteiger partial charge in [-0.2, -0.15) is 5.10 Å². The highest BCUT2D eigenvalue weighted by Crippen LogP contribution is 2.37. The molecule has 0 aliphatic carbocycles. The summed E-state index contributed by atoms with van der Waals surface area (Å²) in [6.45, 7) is 0. The number of benzene rings is 2. The topological polar surface area (TPSA) is 46.9 Å². The molecule has 3 aromatic rings. The van der Waals surface area contributed by atoms with Crippen molar-refractivity contribution < 1.29 is 13.6 Å². The number of nitrogens with zero attached hydrogens (tertiary/aromatic N) is 2. The van der Waals surface area contributed by atoms with Crippen molar-refractivity contribution in [3.05, 3.63) is 77.5 Å². The fourth-order valence-corrected chi connectivity index (χ4v) is 2.99. The predicted octanol–water partition coefficient (Wildman–Crippen LogP) is 3.62. The Bertz CT molecular complexity index is 901. The van der Waals surface area contributed by atoms with E-state index < -0.39 is 0 Å². The monoisotopic (exact) mass is 325 g/mol. The first-order valence-corrected chi connectivity index (χ1v) is 7.51. The van der Waals surface area contributed by atoms with Gasteiger partial charge in [-0.3, -0.25) is 4.79 Å². The molecule has 120 valence electrons. The van der Waals surface area contributed by atoms with Gasteiger partial charge in [-0.15, -0.1) is 0 Å². The Kier molecular flexibility index (Phi) is 3.37.